The fourth-order valence-electron chi connectivity index (χ4n) is 2.37. The zero-order valence-electron chi connectivity index (χ0n) is 14.8. The molecular weight excluding hydrogens is 352 g/mol. The molecule has 0 spiro atoms. The molecule has 2 heterocycles. The van der Waals surface area contributed by atoms with Crippen LogP contribution in [0.3, 0.4) is 0 Å². The van der Waals surface area contributed by atoms with Gasteiger partial charge >= 0.3 is 6.03 Å². The molecule has 0 radical (unpaired) electrons. The first-order valence-corrected chi connectivity index (χ1v) is 9.59. The van der Waals surface area contributed by atoms with Gasteiger partial charge in [0.1, 0.15) is 0 Å². The molecule has 1 aliphatic rings. The Morgan fingerprint density at radius 1 is 1.27 bits per heavy atom. The Labute approximate surface area is 156 Å². The van der Waals surface area contributed by atoms with Gasteiger partial charge in [-0.15, -0.1) is 10.2 Å². The molecule has 1 aliphatic carbocycles. The number of pyridine rings is 1. The summed E-state index contributed by atoms with van der Waals surface area (Å²) in [7, 11) is 0. The van der Waals surface area contributed by atoms with Gasteiger partial charge in [-0.2, -0.15) is 0 Å². The quantitative estimate of drug-likeness (QED) is 0.721. The summed E-state index contributed by atoms with van der Waals surface area (Å²) in [4.78, 5) is 27.7. The van der Waals surface area contributed by atoms with E-state index in [0.717, 1.165) is 24.2 Å². The summed E-state index contributed by atoms with van der Waals surface area (Å²) in [6.45, 7) is 4.50. The monoisotopic (exact) mass is 374 g/mol. The molecule has 0 aromatic carbocycles. The molecular formula is C17H22N6O2S. The van der Waals surface area contributed by atoms with Gasteiger partial charge in [-0.25, -0.2) is 4.79 Å². The average molecular weight is 374 g/mol. The van der Waals surface area contributed by atoms with Gasteiger partial charge in [0, 0.05) is 30.5 Å². The van der Waals surface area contributed by atoms with Crippen LogP contribution in [0, 0.1) is 5.92 Å². The summed E-state index contributed by atoms with van der Waals surface area (Å²) in [5.41, 5.74) is 0.948. The Morgan fingerprint density at radius 3 is 2.65 bits per heavy atom. The Balaban J connectivity index is 1.61. The van der Waals surface area contributed by atoms with E-state index < -0.39 is 6.03 Å². The van der Waals surface area contributed by atoms with Gasteiger partial charge in [0.25, 0.3) is 0 Å². The van der Waals surface area contributed by atoms with Crippen LogP contribution in [-0.4, -0.2) is 44.0 Å². The van der Waals surface area contributed by atoms with Crippen LogP contribution in [0.4, 0.5) is 4.79 Å². The molecule has 3 amide bonds. The van der Waals surface area contributed by atoms with Crippen molar-refractivity contribution < 1.29 is 9.59 Å². The first-order valence-electron chi connectivity index (χ1n) is 8.60. The van der Waals surface area contributed by atoms with Crippen LogP contribution < -0.4 is 10.6 Å². The van der Waals surface area contributed by atoms with E-state index in [1.54, 1.807) is 12.4 Å². The highest BCUT2D eigenvalue weighted by Gasteiger charge is 2.30. The molecule has 0 bridgehead atoms. The smallest absolute Gasteiger partial charge is 0.321 e. The molecule has 0 unspecified atom stereocenters. The first kappa shape index (κ1) is 18.4. The number of imide groups is 1. The second-order valence-electron chi connectivity index (χ2n) is 6.58. The highest BCUT2D eigenvalue weighted by atomic mass is 32.2. The van der Waals surface area contributed by atoms with Crippen molar-refractivity contribution in [3.05, 3.63) is 24.5 Å². The van der Waals surface area contributed by atoms with Crippen molar-refractivity contribution in [3.63, 3.8) is 0 Å². The number of amides is 3. The number of carbonyl (C=O) groups is 2. The number of rotatable bonds is 7. The Bertz CT molecular complexity index is 773. The van der Waals surface area contributed by atoms with E-state index in [1.807, 2.05) is 26.0 Å². The van der Waals surface area contributed by atoms with Crippen LogP contribution in [0.25, 0.3) is 11.4 Å². The number of urea groups is 1. The maximum atomic E-state index is 12.0. The lowest BCUT2D eigenvalue weighted by Gasteiger charge is -2.10. The molecule has 0 atom stereocenters. The van der Waals surface area contributed by atoms with E-state index in [0.29, 0.717) is 23.7 Å². The minimum Gasteiger partial charge on any atom is -0.338 e. The van der Waals surface area contributed by atoms with Crippen LogP contribution >= 0.6 is 11.8 Å². The van der Waals surface area contributed by atoms with Crippen molar-refractivity contribution in [2.24, 2.45) is 5.92 Å². The molecule has 138 valence electrons. The lowest BCUT2D eigenvalue weighted by molar-refractivity contribution is -0.117. The number of hydrogen-bond acceptors (Lipinski definition) is 6. The Kier molecular flexibility index (Phi) is 5.87. The summed E-state index contributed by atoms with van der Waals surface area (Å²) in [5, 5.41) is 14.2. The third-order valence-corrected chi connectivity index (χ3v) is 4.71. The third-order valence-electron chi connectivity index (χ3n) is 3.77. The molecule has 26 heavy (non-hydrogen) atoms. The minimum atomic E-state index is -0.467. The maximum Gasteiger partial charge on any atom is 0.321 e. The molecule has 1 fully saturated rings. The molecule has 9 heteroatoms. The topological polar surface area (TPSA) is 102 Å². The zero-order chi connectivity index (χ0) is 18.5. The molecule has 2 aromatic heterocycles. The van der Waals surface area contributed by atoms with E-state index in [2.05, 4.69) is 30.4 Å². The van der Waals surface area contributed by atoms with Crippen molar-refractivity contribution in [2.75, 3.05) is 12.3 Å². The van der Waals surface area contributed by atoms with Crippen molar-refractivity contribution in [1.82, 2.24) is 30.4 Å². The number of thioether (sulfide) groups is 1. The fourth-order valence-corrected chi connectivity index (χ4v) is 3.17. The lowest BCUT2D eigenvalue weighted by Crippen LogP contribution is -2.41. The molecule has 1 saturated carbocycles. The van der Waals surface area contributed by atoms with Gasteiger partial charge in [-0.3, -0.25) is 19.7 Å². The van der Waals surface area contributed by atoms with Crippen LogP contribution in [0.5, 0.6) is 0 Å². The lowest BCUT2D eigenvalue weighted by atomic mass is 10.2. The largest absolute Gasteiger partial charge is 0.338 e. The Morgan fingerprint density at radius 2 is 2.00 bits per heavy atom. The number of carbonyl (C=O) groups excluding carboxylic acids is 2. The SMILES string of the molecule is CC(C)CNC(=O)NC(=O)CSc1nnc(-c2ccncc2)n1C1CC1. The van der Waals surface area contributed by atoms with E-state index in [9.17, 15) is 9.59 Å². The number of nitrogens with one attached hydrogen (secondary N) is 2. The third kappa shape index (κ3) is 4.81. The second-order valence-corrected chi connectivity index (χ2v) is 7.53. The summed E-state index contributed by atoms with van der Waals surface area (Å²) < 4.78 is 2.08. The van der Waals surface area contributed by atoms with Crippen LogP contribution in [-0.2, 0) is 4.79 Å². The van der Waals surface area contributed by atoms with Gasteiger partial charge in [0.15, 0.2) is 11.0 Å². The summed E-state index contributed by atoms with van der Waals surface area (Å²) >= 11 is 1.29. The molecule has 8 nitrogen and oxygen atoms in total. The summed E-state index contributed by atoms with van der Waals surface area (Å²) in [6, 6.07) is 3.69. The van der Waals surface area contributed by atoms with Crippen molar-refractivity contribution >= 4 is 23.7 Å². The van der Waals surface area contributed by atoms with E-state index in [4.69, 9.17) is 0 Å². The zero-order valence-corrected chi connectivity index (χ0v) is 15.6. The average Bonchev–Trinajstić information content (AvgIpc) is 3.38. The fraction of sp³-hybridized carbons (Fsp3) is 0.471. The van der Waals surface area contributed by atoms with E-state index >= 15 is 0 Å². The molecule has 0 saturated heterocycles. The summed E-state index contributed by atoms with van der Waals surface area (Å²) in [6.07, 6.45) is 5.59. The standard InChI is InChI=1S/C17H22N6O2S/c1-11(2)9-19-16(25)20-14(24)10-26-17-22-21-15(23(17)13-3-4-13)12-5-7-18-8-6-12/h5-8,11,13H,3-4,9-10H2,1-2H3,(H2,19,20,24,25). The molecule has 0 aliphatic heterocycles. The normalized spacial score (nSPS) is 13.7. The predicted octanol–water partition coefficient (Wildman–Crippen LogP) is 2.25. The number of aromatic nitrogens is 4. The first-order chi connectivity index (χ1) is 12.5. The van der Waals surface area contributed by atoms with Gasteiger partial charge in [-0.1, -0.05) is 25.6 Å². The second kappa shape index (κ2) is 8.31. The summed E-state index contributed by atoms with van der Waals surface area (Å²) in [5.74, 6) is 0.865. The molecule has 3 rings (SSSR count). The molecule has 2 aromatic rings. The van der Waals surface area contributed by atoms with Gasteiger partial charge < -0.3 is 5.32 Å². The van der Waals surface area contributed by atoms with E-state index in [1.165, 1.54) is 11.8 Å². The van der Waals surface area contributed by atoms with Gasteiger partial charge in [0.05, 0.1) is 5.75 Å². The minimum absolute atomic E-state index is 0.107. The van der Waals surface area contributed by atoms with Gasteiger partial charge in [-0.05, 0) is 30.9 Å². The Hall–Kier alpha value is -2.42. The molecule has 2 N–H and O–H groups in total. The van der Waals surface area contributed by atoms with E-state index in [-0.39, 0.29) is 11.7 Å². The highest BCUT2D eigenvalue weighted by molar-refractivity contribution is 7.99. The van der Waals surface area contributed by atoms with Crippen molar-refractivity contribution in [2.45, 2.75) is 37.9 Å². The van der Waals surface area contributed by atoms with Crippen LogP contribution in [0.1, 0.15) is 32.7 Å². The predicted molar refractivity (Wildman–Crippen MR) is 98.6 cm³/mol. The van der Waals surface area contributed by atoms with Crippen molar-refractivity contribution in [1.29, 1.82) is 0 Å². The highest BCUT2D eigenvalue weighted by Crippen LogP contribution is 2.40. The van der Waals surface area contributed by atoms with Crippen LogP contribution in [0.15, 0.2) is 29.7 Å². The van der Waals surface area contributed by atoms with Crippen LogP contribution in [0.2, 0.25) is 0 Å². The van der Waals surface area contributed by atoms with Crippen molar-refractivity contribution in [3.8, 4) is 11.4 Å². The number of hydrogen-bond donors (Lipinski definition) is 2. The number of nitrogens with zero attached hydrogens (tertiary/aromatic N) is 4. The maximum absolute atomic E-state index is 12.0. The van der Waals surface area contributed by atoms with Gasteiger partial charge in [0.2, 0.25) is 5.91 Å².